The Morgan fingerprint density at radius 3 is 2.24 bits per heavy atom. The van der Waals surface area contributed by atoms with E-state index >= 15 is 0 Å². The molecule has 0 fully saturated rings. The lowest BCUT2D eigenvalue weighted by molar-refractivity contribution is 0.101. The van der Waals surface area contributed by atoms with Gasteiger partial charge in [0, 0.05) is 11.6 Å². The molecular formula is C14H11F2NO3S. The lowest BCUT2D eigenvalue weighted by Gasteiger charge is -2.09. The maximum Gasteiger partial charge on any atom is 0.261 e. The van der Waals surface area contributed by atoms with Crippen LogP contribution in [0.3, 0.4) is 0 Å². The van der Waals surface area contributed by atoms with Crippen LogP contribution in [0.5, 0.6) is 0 Å². The summed E-state index contributed by atoms with van der Waals surface area (Å²) >= 11 is 0. The van der Waals surface area contributed by atoms with Crippen LogP contribution in [0.25, 0.3) is 0 Å². The highest BCUT2D eigenvalue weighted by Gasteiger charge is 2.16. The number of ketones is 1. The molecule has 0 spiro atoms. The van der Waals surface area contributed by atoms with Crippen molar-refractivity contribution in [1.29, 1.82) is 0 Å². The number of halogens is 2. The first kappa shape index (κ1) is 15.1. The molecule has 0 heterocycles. The van der Waals surface area contributed by atoms with E-state index in [0.717, 1.165) is 12.1 Å². The second-order valence-electron chi connectivity index (χ2n) is 4.35. The van der Waals surface area contributed by atoms with Gasteiger partial charge in [-0.25, -0.2) is 17.2 Å². The van der Waals surface area contributed by atoms with E-state index in [-0.39, 0.29) is 21.9 Å². The molecule has 0 amide bonds. The predicted molar refractivity (Wildman–Crippen MR) is 73.6 cm³/mol. The highest BCUT2D eigenvalue weighted by Crippen LogP contribution is 2.19. The quantitative estimate of drug-likeness (QED) is 0.883. The smallest absolute Gasteiger partial charge is 0.261 e. The monoisotopic (exact) mass is 311 g/mol. The Morgan fingerprint density at radius 2 is 1.67 bits per heavy atom. The van der Waals surface area contributed by atoms with Gasteiger partial charge in [0.15, 0.2) is 5.78 Å². The highest BCUT2D eigenvalue weighted by atomic mass is 32.2. The number of hydrogen-bond donors (Lipinski definition) is 1. The van der Waals surface area contributed by atoms with Gasteiger partial charge in [-0.1, -0.05) is 12.1 Å². The van der Waals surface area contributed by atoms with Crippen molar-refractivity contribution in [2.24, 2.45) is 0 Å². The lowest BCUT2D eigenvalue weighted by Crippen LogP contribution is -2.13. The molecule has 0 aliphatic carbocycles. The zero-order chi connectivity index (χ0) is 15.6. The van der Waals surface area contributed by atoms with Gasteiger partial charge in [-0.05, 0) is 31.2 Å². The summed E-state index contributed by atoms with van der Waals surface area (Å²) in [6, 6.07) is 7.71. The lowest BCUT2D eigenvalue weighted by atomic mass is 10.2. The fraction of sp³-hybridized carbons (Fsp3) is 0.0714. The second-order valence-corrected chi connectivity index (χ2v) is 6.03. The van der Waals surface area contributed by atoms with Gasteiger partial charge in [0.1, 0.15) is 11.6 Å². The van der Waals surface area contributed by atoms with Crippen molar-refractivity contribution >= 4 is 21.5 Å². The van der Waals surface area contributed by atoms with Crippen molar-refractivity contribution in [3.8, 4) is 0 Å². The zero-order valence-electron chi connectivity index (χ0n) is 10.9. The Hall–Kier alpha value is -2.28. The molecule has 110 valence electrons. The van der Waals surface area contributed by atoms with E-state index in [0.29, 0.717) is 6.07 Å². The third-order valence-electron chi connectivity index (χ3n) is 2.67. The van der Waals surface area contributed by atoms with Gasteiger partial charge in [0.2, 0.25) is 0 Å². The van der Waals surface area contributed by atoms with Crippen LogP contribution in [-0.2, 0) is 10.0 Å². The summed E-state index contributed by atoms with van der Waals surface area (Å²) in [5.74, 6) is -2.08. The molecule has 0 saturated carbocycles. The van der Waals surface area contributed by atoms with Crippen molar-refractivity contribution < 1.29 is 22.0 Å². The average Bonchev–Trinajstić information content (AvgIpc) is 2.37. The van der Waals surface area contributed by atoms with E-state index < -0.39 is 21.7 Å². The number of nitrogens with one attached hydrogen (secondary N) is 1. The number of Topliss-reactive ketones (excluding diaryl/α,β-unsaturated/α-hetero) is 1. The normalized spacial score (nSPS) is 11.2. The summed E-state index contributed by atoms with van der Waals surface area (Å²) in [4.78, 5) is 11.1. The minimum Gasteiger partial charge on any atom is -0.295 e. The summed E-state index contributed by atoms with van der Waals surface area (Å²) in [6.45, 7) is 1.31. The van der Waals surface area contributed by atoms with Crippen LogP contribution in [0.1, 0.15) is 17.3 Å². The zero-order valence-corrected chi connectivity index (χ0v) is 11.7. The van der Waals surface area contributed by atoms with E-state index in [4.69, 9.17) is 0 Å². The average molecular weight is 311 g/mol. The molecular weight excluding hydrogens is 300 g/mol. The molecule has 0 bridgehead atoms. The van der Waals surface area contributed by atoms with E-state index in [1.807, 2.05) is 0 Å². The largest absolute Gasteiger partial charge is 0.295 e. The molecule has 2 aromatic rings. The van der Waals surface area contributed by atoms with E-state index in [1.54, 1.807) is 0 Å². The Kier molecular flexibility index (Phi) is 4.04. The fourth-order valence-corrected chi connectivity index (χ4v) is 2.79. The van der Waals surface area contributed by atoms with Crippen LogP contribution in [0, 0.1) is 11.6 Å². The standard InChI is InChI=1S/C14H11F2NO3S/c1-9(18)10-3-2-4-14(5-10)21(19,20)17-13-7-11(15)6-12(16)8-13/h2-8,17H,1H3. The van der Waals surface area contributed by atoms with Crippen molar-refractivity contribution in [3.63, 3.8) is 0 Å². The minimum atomic E-state index is -4.04. The van der Waals surface area contributed by atoms with Gasteiger partial charge in [0.25, 0.3) is 10.0 Å². The molecule has 2 rings (SSSR count). The molecule has 7 heteroatoms. The Bertz CT molecular complexity index is 783. The van der Waals surface area contributed by atoms with Gasteiger partial charge in [-0.15, -0.1) is 0 Å². The maximum atomic E-state index is 13.1. The topological polar surface area (TPSA) is 63.2 Å². The van der Waals surface area contributed by atoms with E-state index in [2.05, 4.69) is 4.72 Å². The number of carbonyl (C=O) groups excluding carboxylic acids is 1. The molecule has 21 heavy (non-hydrogen) atoms. The number of sulfonamides is 1. The summed E-state index contributed by atoms with van der Waals surface area (Å²) in [5, 5.41) is 0. The number of anilines is 1. The van der Waals surface area contributed by atoms with Gasteiger partial charge in [-0.3, -0.25) is 9.52 Å². The molecule has 0 saturated heterocycles. The van der Waals surface area contributed by atoms with Gasteiger partial charge in [-0.2, -0.15) is 0 Å². The summed E-state index contributed by atoms with van der Waals surface area (Å²) in [5.41, 5.74) is -0.0102. The number of carbonyl (C=O) groups is 1. The molecule has 2 aromatic carbocycles. The molecule has 0 unspecified atom stereocenters. The van der Waals surface area contributed by atoms with Crippen LogP contribution in [0.15, 0.2) is 47.4 Å². The molecule has 0 atom stereocenters. The van der Waals surface area contributed by atoms with Crippen LogP contribution < -0.4 is 4.72 Å². The minimum absolute atomic E-state index is 0.167. The number of benzene rings is 2. The molecule has 0 radical (unpaired) electrons. The Labute approximate surface area is 120 Å². The van der Waals surface area contributed by atoms with Gasteiger partial charge >= 0.3 is 0 Å². The SMILES string of the molecule is CC(=O)c1cccc(S(=O)(=O)Nc2cc(F)cc(F)c2)c1. The van der Waals surface area contributed by atoms with Crippen molar-refractivity contribution in [2.75, 3.05) is 4.72 Å². The van der Waals surface area contributed by atoms with Crippen molar-refractivity contribution in [2.45, 2.75) is 11.8 Å². The van der Waals surface area contributed by atoms with Crippen LogP contribution in [0.2, 0.25) is 0 Å². The first-order chi connectivity index (χ1) is 9.78. The van der Waals surface area contributed by atoms with Crippen LogP contribution in [-0.4, -0.2) is 14.2 Å². The first-order valence-electron chi connectivity index (χ1n) is 5.88. The number of hydrogen-bond acceptors (Lipinski definition) is 3. The maximum absolute atomic E-state index is 13.1. The van der Waals surface area contributed by atoms with Crippen LogP contribution >= 0.6 is 0 Å². The molecule has 1 N–H and O–H groups in total. The Morgan fingerprint density at radius 1 is 1.05 bits per heavy atom. The fourth-order valence-electron chi connectivity index (χ4n) is 1.71. The first-order valence-corrected chi connectivity index (χ1v) is 7.36. The molecule has 0 aromatic heterocycles. The van der Waals surface area contributed by atoms with E-state index in [1.165, 1.54) is 31.2 Å². The van der Waals surface area contributed by atoms with E-state index in [9.17, 15) is 22.0 Å². The summed E-state index contributed by atoms with van der Waals surface area (Å²) in [6.07, 6.45) is 0. The predicted octanol–water partition coefficient (Wildman–Crippen LogP) is 2.97. The van der Waals surface area contributed by atoms with Gasteiger partial charge in [0.05, 0.1) is 10.6 Å². The highest BCUT2D eigenvalue weighted by molar-refractivity contribution is 7.92. The van der Waals surface area contributed by atoms with Gasteiger partial charge < -0.3 is 0 Å². The van der Waals surface area contributed by atoms with Crippen molar-refractivity contribution in [1.82, 2.24) is 0 Å². The third-order valence-corrected chi connectivity index (χ3v) is 4.04. The third kappa shape index (κ3) is 3.63. The molecule has 4 nitrogen and oxygen atoms in total. The number of rotatable bonds is 4. The summed E-state index contributed by atoms with van der Waals surface area (Å²) < 4.78 is 52.4. The second kappa shape index (κ2) is 5.61. The Balaban J connectivity index is 2.38. The van der Waals surface area contributed by atoms with Crippen LogP contribution in [0.4, 0.5) is 14.5 Å². The molecule has 0 aliphatic rings. The molecule has 0 aliphatic heterocycles. The summed E-state index contributed by atoms with van der Waals surface area (Å²) in [7, 11) is -4.04. The van der Waals surface area contributed by atoms with Crippen molar-refractivity contribution in [3.05, 3.63) is 59.7 Å².